The number of aromatic nitrogens is 1. The van der Waals surface area contributed by atoms with Gasteiger partial charge in [0.2, 0.25) is 0 Å². The molecule has 1 amide bonds. The summed E-state index contributed by atoms with van der Waals surface area (Å²) in [5.74, 6) is 0.103. The van der Waals surface area contributed by atoms with Crippen LogP contribution in [0.15, 0.2) is 34.7 Å². The molecule has 0 saturated heterocycles. The van der Waals surface area contributed by atoms with E-state index in [2.05, 4.69) is 10.3 Å². The Morgan fingerprint density at radius 1 is 1.14 bits per heavy atom. The van der Waals surface area contributed by atoms with E-state index in [9.17, 15) is 4.79 Å². The van der Waals surface area contributed by atoms with Gasteiger partial charge in [0.25, 0.3) is 5.91 Å². The van der Waals surface area contributed by atoms with E-state index in [0.717, 1.165) is 39.2 Å². The molecule has 0 aliphatic rings. The number of hydrogen-bond acceptors (Lipinski definition) is 3. The molecular formula is C18H18N2O2. The van der Waals surface area contributed by atoms with Crippen molar-refractivity contribution >= 4 is 22.6 Å². The molecule has 0 bridgehead atoms. The summed E-state index contributed by atoms with van der Waals surface area (Å²) in [7, 11) is 0. The Kier molecular flexibility index (Phi) is 3.45. The van der Waals surface area contributed by atoms with Gasteiger partial charge in [-0.1, -0.05) is 18.2 Å². The van der Waals surface area contributed by atoms with Crippen LogP contribution < -0.4 is 5.32 Å². The summed E-state index contributed by atoms with van der Waals surface area (Å²) in [5, 5.41) is 3.89. The summed E-state index contributed by atoms with van der Waals surface area (Å²) in [4.78, 5) is 17.0. The number of rotatable bonds is 2. The molecule has 1 N–H and O–H groups in total. The van der Waals surface area contributed by atoms with E-state index in [0.29, 0.717) is 5.76 Å². The van der Waals surface area contributed by atoms with Gasteiger partial charge in [0.15, 0.2) is 5.76 Å². The maximum absolute atomic E-state index is 12.6. The van der Waals surface area contributed by atoms with Crippen LogP contribution in [0, 0.1) is 27.7 Å². The Hall–Kier alpha value is -2.62. The fourth-order valence-corrected chi connectivity index (χ4v) is 2.77. The van der Waals surface area contributed by atoms with Crippen LogP contribution in [-0.2, 0) is 0 Å². The van der Waals surface area contributed by atoms with Gasteiger partial charge in [-0.2, -0.15) is 0 Å². The smallest absolute Gasteiger partial charge is 0.291 e. The van der Waals surface area contributed by atoms with E-state index < -0.39 is 0 Å². The minimum absolute atomic E-state index is 0.245. The summed E-state index contributed by atoms with van der Waals surface area (Å²) in [6.45, 7) is 7.69. The maximum atomic E-state index is 12.6. The molecule has 22 heavy (non-hydrogen) atoms. The monoisotopic (exact) mass is 294 g/mol. The number of fused-ring (bicyclic) bond motifs is 1. The molecule has 1 aromatic carbocycles. The standard InChI is InChI=1S/C18H18N2O2/c1-10-9-11(2)19-13(4)16(10)20-18(21)17-12(3)14-7-5-6-8-15(14)22-17/h5-9H,1-4H3,(H,20,21). The van der Waals surface area contributed by atoms with E-state index in [-0.39, 0.29) is 5.91 Å². The Morgan fingerprint density at radius 3 is 2.55 bits per heavy atom. The van der Waals surface area contributed by atoms with Crippen LogP contribution in [0.4, 0.5) is 5.69 Å². The molecule has 112 valence electrons. The van der Waals surface area contributed by atoms with Crippen LogP contribution in [0.25, 0.3) is 11.0 Å². The Balaban J connectivity index is 1.99. The van der Waals surface area contributed by atoms with Gasteiger partial charge in [0.1, 0.15) is 5.58 Å². The van der Waals surface area contributed by atoms with Crippen molar-refractivity contribution in [1.82, 2.24) is 4.98 Å². The predicted octanol–water partition coefficient (Wildman–Crippen LogP) is 4.31. The summed E-state index contributed by atoms with van der Waals surface area (Å²) < 4.78 is 5.70. The zero-order valence-corrected chi connectivity index (χ0v) is 13.2. The molecule has 2 heterocycles. The average molecular weight is 294 g/mol. The number of carbonyl (C=O) groups is 1. The van der Waals surface area contributed by atoms with Crippen LogP contribution >= 0.6 is 0 Å². The van der Waals surface area contributed by atoms with Gasteiger partial charge < -0.3 is 9.73 Å². The molecule has 2 aromatic heterocycles. The minimum Gasteiger partial charge on any atom is -0.451 e. The van der Waals surface area contributed by atoms with Gasteiger partial charge in [0, 0.05) is 16.6 Å². The number of nitrogens with one attached hydrogen (secondary N) is 1. The van der Waals surface area contributed by atoms with Crippen molar-refractivity contribution in [2.75, 3.05) is 5.32 Å². The van der Waals surface area contributed by atoms with Gasteiger partial charge in [0.05, 0.1) is 11.4 Å². The molecule has 0 aliphatic heterocycles. The van der Waals surface area contributed by atoms with E-state index in [1.165, 1.54) is 0 Å². The summed E-state index contributed by atoms with van der Waals surface area (Å²) in [6, 6.07) is 9.60. The number of carbonyl (C=O) groups excluding carboxylic acids is 1. The van der Waals surface area contributed by atoms with Crippen molar-refractivity contribution < 1.29 is 9.21 Å². The quantitative estimate of drug-likeness (QED) is 0.766. The first kappa shape index (κ1) is 14.3. The molecule has 0 atom stereocenters. The molecule has 0 unspecified atom stereocenters. The van der Waals surface area contributed by atoms with Gasteiger partial charge >= 0.3 is 0 Å². The van der Waals surface area contributed by atoms with Crippen molar-refractivity contribution in [2.24, 2.45) is 0 Å². The van der Waals surface area contributed by atoms with Gasteiger partial charge in [-0.25, -0.2) is 0 Å². The van der Waals surface area contributed by atoms with E-state index in [4.69, 9.17) is 4.42 Å². The van der Waals surface area contributed by atoms with Gasteiger partial charge in [-0.05, 0) is 45.4 Å². The molecule has 0 aliphatic carbocycles. The highest BCUT2D eigenvalue weighted by Gasteiger charge is 2.19. The maximum Gasteiger partial charge on any atom is 0.291 e. The predicted molar refractivity (Wildman–Crippen MR) is 87.4 cm³/mol. The SMILES string of the molecule is Cc1cc(C)c(NC(=O)c2oc3ccccc3c2C)c(C)n1. The Bertz CT molecular complexity index is 855. The van der Waals surface area contributed by atoms with E-state index in [1.807, 2.05) is 58.0 Å². The molecule has 0 spiro atoms. The molecular weight excluding hydrogens is 276 g/mol. The number of furan rings is 1. The number of amides is 1. The largest absolute Gasteiger partial charge is 0.451 e. The van der Waals surface area contributed by atoms with Crippen molar-refractivity contribution in [3.05, 3.63) is 58.6 Å². The molecule has 3 aromatic rings. The van der Waals surface area contributed by atoms with Crippen molar-refractivity contribution in [2.45, 2.75) is 27.7 Å². The third kappa shape index (κ3) is 2.37. The van der Waals surface area contributed by atoms with Crippen LogP contribution in [0.3, 0.4) is 0 Å². The summed E-state index contributed by atoms with van der Waals surface area (Å²) in [5.41, 5.74) is 5.05. The molecule has 0 radical (unpaired) electrons. The number of anilines is 1. The van der Waals surface area contributed by atoms with E-state index >= 15 is 0 Å². The number of para-hydroxylation sites is 1. The number of aryl methyl sites for hydroxylation is 4. The van der Waals surface area contributed by atoms with Crippen molar-refractivity contribution in [3.63, 3.8) is 0 Å². The van der Waals surface area contributed by atoms with Crippen molar-refractivity contribution in [3.8, 4) is 0 Å². The Labute approximate surface area is 129 Å². The molecule has 4 heteroatoms. The van der Waals surface area contributed by atoms with Crippen LogP contribution in [0.2, 0.25) is 0 Å². The normalized spacial score (nSPS) is 10.9. The molecule has 0 fully saturated rings. The zero-order chi connectivity index (χ0) is 15.9. The number of benzene rings is 1. The first-order chi connectivity index (χ1) is 10.5. The van der Waals surface area contributed by atoms with Crippen LogP contribution in [-0.4, -0.2) is 10.9 Å². The van der Waals surface area contributed by atoms with Gasteiger partial charge in [-0.15, -0.1) is 0 Å². The second-order valence-electron chi connectivity index (χ2n) is 5.55. The minimum atomic E-state index is -0.245. The Morgan fingerprint density at radius 2 is 1.86 bits per heavy atom. The van der Waals surface area contributed by atoms with Crippen LogP contribution in [0.1, 0.15) is 33.1 Å². The molecule has 4 nitrogen and oxygen atoms in total. The second-order valence-corrected chi connectivity index (χ2v) is 5.55. The van der Waals surface area contributed by atoms with Crippen LogP contribution in [0.5, 0.6) is 0 Å². The lowest BCUT2D eigenvalue weighted by Gasteiger charge is -2.11. The fourth-order valence-electron chi connectivity index (χ4n) is 2.77. The molecule has 0 saturated carbocycles. The third-order valence-electron chi connectivity index (χ3n) is 3.81. The average Bonchev–Trinajstić information content (AvgIpc) is 2.80. The number of nitrogens with zero attached hydrogens (tertiary/aromatic N) is 1. The summed E-state index contributed by atoms with van der Waals surface area (Å²) in [6.07, 6.45) is 0. The first-order valence-corrected chi connectivity index (χ1v) is 7.21. The number of hydrogen-bond donors (Lipinski definition) is 1. The number of pyridine rings is 1. The first-order valence-electron chi connectivity index (χ1n) is 7.21. The van der Waals surface area contributed by atoms with E-state index in [1.54, 1.807) is 0 Å². The fraction of sp³-hybridized carbons (Fsp3) is 0.222. The lowest BCUT2D eigenvalue weighted by molar-refractivity contribution is 0.0997. The topological polar surface area (TPSA) is 55.1 Å². The highest BCUT2D eigenvalue weighted by atomic mass is 16.3. The lowest BCUT2D eigenvalue weighted by atomic mass is 10.1. The lowest BCUT2D eigenvalue weighted by Crippen LogP contribution is -2.14. The zero-order valence-electron chi connectivity index (χ0n) is 13.2. The molecule has 3 rings (SSSR count). The summed E-state index contributed by atoms with van der Waals surface area (Å²) >= 11 is 0. The third-order valence-corrected chi connectivity index (χ3v) is 3.81. The van der Waals surface area contributed by atoms with Gasteiger partial charge in [-0.3, -0.25) is 9.78 Å². The van der Waals surface area contributed by atoms with Crippen molar-refractivity contribution in [1.29, 1.82) is 0 Å². The highest BCUT2D eigenvalue weighted by Crippen LogP contribution is 2.26. The second kappa shape index (κ2) is 5.30. The highest BCUT2D eigenvalue weighted by molar-refractivity contribution is 6.07.